The van der Waals surface area contributed by atoms with Gasteiger partial charge in [0.25, 0.3) is 0 Å². The molecular weight excluding hydrogens is 370 g/mol. The molecule has 3 rings (SSSR count). The van der Waals surface area contributed by atoms with Crippen LogP contribution >= 0.6 is 0 Å². The Hall–Kier alpha value is -2.96. The Labute approximate surface area is 170 Å². The first-order valence-corrected chi connectivity index (χ1v) is 9.57. The van der Waals surface area contributed by atoms with Crippen molar-refractivity contribution >= 4 is 11.9 Å². The van der Waals surface area contributed by atoms with Crippen LogP contribution in [0.3, 0.4) is 0 Å². The predicted molar refractivity (Wildman–Crippen MR) is 112 cm³/mol. The summed E-state index contributed by atoms with van der Waals surface area (Å²) in [6.45, 7) is 4.97. The van der Waals surface area contributed by atoms with Gasteiger partial charge >= 0.3 is 11.9 Å². The molecule has 1 aliphatic heterocycles. The fraction of sp³-hybridized carbons (Fsp3) is 0.304. The summed E-state index contributed by atoms with van der Waals surface area (Å²) in [4.78, 5) is 19.1. The third-order valence-electron chi connectivity index (χ3n) is 4.51. The zero-order valence-corrected chi connectivity index (χ0v) is 16.5. The molecule has 0 saturated carbocycles. The van der Waals surface area contributed by atoms with Crippen molar-refractivity contribution in [2.75, 3.05) is 13.1 Å². The number of nitrogens with one attached hydrogen (secondary N) is 1. The summed E-state index contributed by atoms with van der Waals surface area (Å²) in [6.07, 6.45) is 3.75. The average Bonchev–Trinajstić information content (AvgIpc) is 2.73. The fourth-order valence-corrected chi connectivity index (χ4v) is 2.97. The third kappa shape index (κ3) is 8.29. The molecule has 29 heavy (non-hydrogen) atoms. The first-order valence-electron chi connectivity index (χ1n) is 9.57. The number of carbonyl (C=O) groups is 2. The molecule has 1 saturated heterocycles. The molecule has 1 fully saturated rings. The van der Waals surface area contributed by atoms with Gasteiger partial charge < -0.3 is 20.3 Å². The van der Waals surface area contributed by atoms with E-state index in [4.69, 9.17) is 14.9 Å². The van der Waals surface area contributed by atoms with Gasteiger partial charge in [0.05, 0.1) is 12.7 Å². The van der Waals surface area contributed by atoms with Crippen LogP contribution in [-0.2, 0) is 20.9 Å². The van der Waals surface area contributed by atoms with Crippen molar-refractivity contribution in [3.63, 3.8) is 0 Å². The molecule has 6 heteroatoms. The highest BCUT2D eigenvalue weighted by Crippen LogP contribution is 2.25. The van der Waals surface area contributed by atoms with Gasteiger partial charge in [0.15, 0.2) is 0 Å². The van der Waals surface area contributed by atoms with E-state index in [9.17, 15) is 9.59 Å². The highest BCUT2D eigenvalue weighted by molar-refractivity contribution is 5.89. The summed E-state index contributed by atoms with van der Waals surface area (Å²) in [7, 11) is 0. The molecule has 2 aromatic rings. The van der Waals surface area contributed by atoms with E-state index >= 15 is 0 Å². The summed E-state index contributed by atoms with van der Waals surface area (Å²) in [5.74, 6) is -2.51. The Kier molecular flexibility index (Phi) is 9.08. The number of benzene rings is 2. The Balaban J connectivity index is 0.000000321. The molecule has 0 amide bonds. The number of ether oxygens (including phenoxy) is 1. The van der Waals surface area contributed by atoms with Crippen molar-refractivity contribution < 1.29 is 24.5 Å². The first kappa shape index (κ1) is 22.3. The van der Waals surface area contributed by atoms with Gasteiger partial charge in [0.1, 0.15) is 0 Å². The summed E-state index contributed by atoms with van der Waals surface area (Å²) in [5.41, 5.74) is 5.12. The summed E-state index contributed by atoms with van der Waals surface area (Å²) in [6, 6.07) is 17.3. The van der Waals surface area contributed by atoms with Crippen LogP contribution in [0.2, 0.25) is 0 Å². The second kappa shape index (κ2) is 11.8. The lowest BCUT2D eigenvalue weighted by Crippen LogP contribution is -2.32. The number of aliphatic carboxylic acids is 2. The van der Waals surface area contributed by atoms with Gasteiger partial charge in [-0.3, -0.25) is 0 Å². The zero-order valence-electron chi connectivity index (χ0n) is 16.5. The largest absolute Gasteiger partial charge is 0.478 e. The number of hydrogen-bond acceptors (Lipinski definition) is 4. The zero-order chi connectivity index (χ0) is 21.1. The minimum Gasteiger partial charge on any atom is -0.478 e. The monoisotopic (exact) mass is 397 g/mol. The van der Waals surface area contributed by atoms with Crippen LogP contribution in [0.1, 0.15) is 24.0 Å². The van der Waals surface area contributed by atoms with E-state index in [1.165, 1.54) is 22.3 Å². The molecule has 0 aromatic heterocycles. The number of hydrogen-bond donors (Lipinski definition) is 3. The van der Waals surface area contributed by atoms with Crippen molar-refractivity contribution in [3.8, 4) is 11.1 Å². The van der Waals surface area contributed by atoms with Crippen molar-refractivity contribution in [2.24, 2.45) is 0 Å². The van der Waals surface area contributed by atoms with E-state index in [1.54, 1.807) is 0 Å². The summed E-state index contributed by atoms with van der Waals surface area (Å²) in [5, 5.41) is 19.0. The van der Waals surface area contributed by atoms with Crippen molar-refractivity contribution in [2.45, 2.75) is 32.5 Å². The number of rotatable bonds is 6. The average molecular weight is 397 g/mol. The van der Waals surface area contributed by atoms with Crippen LogP contribution < -0.4 is 5.32 Å². The summed E-state index contributed by atoms with van der Waals surface area (Å²) >= 11 is 0. The second-order valence-electron chi connectivity index (χ2n) is 6.79. The van der Waals surface area contributed by atoms with Crippen LogP contribution in [0.15, 0.2) is 60.7 Å². The molecule has 2 aromatic carbocycles. The first-order chi connectivity index (χ1) is 14.0. The van der Waals surface area contributed by atoms with E-state index < -0.39 is 11.9 Å². The van der Waals surface area contributed by atoms with Crippen molar-refractivity contribution in [3.05, 3.63) is 71.8 Å². The maximum Gasteiger partial charge on any atom is 0.328 e. The molecule has 0 radical (unpaired) electrons. The van der Waals surface area contributed by atoms with Crippen molar-refractivity contribution in [1.82, 2.24) is 5.32 Å². The van der Waals surface area contributed by atoms with E-state index in [0.29, 0.717) is 24.9 Å². The number of carboxylic acids is 2. The highest BCUT2D eigenvalue weighted by Gasteiger charge is 2.14. The van der Waals surface area contributed by atoms with Crippen LogP contribution in [0.5, 0.6) is 0 Å². The highest BCUT2D eigenvalue weighted by atomic mass is 16.5. The number of piperidine rings is 1. The molecule has 0 unspecified atom stereocenters. The van der Waals surface area contributed by atoms with Gasteiger partial charge in [0.2, 0.25) is 0 Å². The van der Waals surface area contributed by atoms with Gasteiger partial charge in [-0.1, -0.05) is 54.1 Å². The quantitative estimate of drug-likeness (QED) is 0.644. The van der Waals surface area contributed by atoms with Crippen LogP contribution in [0, 0.1) is 6.92 Å². The lowest BCUT2D eigenvalue weighted by Gasteiger charge is -2.23. The molecule has 0 atom stereocenters. The standard InChI is InChI=1S/C19H23NO.C4H4O4/c1-15-6-8-16(9-7-15)19-5-3-2-4-17(19)14-21-18-10-12-20-13-11-18;5-3(6)1-2-4(7)8/h2-9,18,20H,10-14H2,1H3;1-2H,(H,5,6)(H,7,8). The predicted octanol–water partition coefficient (Wildman–Crippen LogP) is 3.64. The van der Waals surface area contributed by atoms with E-state index in [-0.39, 0.29) is 0 Å². The maximum absolute atomic E-state index is 9.55. The maximum atomic E-state index is 9.55. The normalized spacial score (nSPS) is 14.2. The summed E-state index contributed by atoms with van der Waals surface area (Å²) < 4.78 is 6.11. The van der Waals surface area contributed by atoms with E-state index in [2.05, 4.69) is 60.8 Å². The van der Waals surface area contributed by atoms with Crippen LogP contribution in [0.25, 0.3) is 11.1 Å². The molecule has 0 aliphatic carbocycles. The van der Waals surface area contributed by atoms with Crippen molar-refractivity contribution in [1.29, 1.82) is 0 Å². The molecule has 1 aliphatic rings. The molecule has 0 bridgehead atoms. The Morgan fingerprint density at radius 3 is 2.17 bits per heavy atom. The van der Waals surface area contributed by atoms with Crippen LogP contribution in [0.4, 0.5) is 0 Å². The Morgan fingerprint density at radius 2 is 1.59 bits per heavy atom. The van der Waals surface area contributed by atoms with Crippen LogP contribution in [-0.4, -0.2) is 41.3 Å². The van der Waals surface area contributed by atoms with E-state index in [0.717, 1.165) is 25.9 Å². The SMILES string of the molecule is Cc1ccc(-c2ccccc2COC2CCNCC2)cc1.O=C(O)C=CC(=O)O. The van der Waals surface area contributed by atoms with Gasteiger partial charge in [-0.25, -0.2) is 9.59 Å². The topological polar surface area (TPSA) is 95.9 Å². The fourth-order valence-electron chi connectivity index (χ4n) is 2.97. The van der Waals surface area contributed by atoms with Gasteiger partial charge in [-0.05, 0) is 49.5 Å². The van der Waals surface area contributed by atoms with Gasteiger partial charge in [0, 0.05) is 12.2 Å². The minimum atomic E-state index is -1.26. The van der Waals surface area contributed by atoms with Gasteiger partial charge in [-0.2, -0.15) is 0 Å². The molecular formula is C23H27NO5. The third-order valence-corrected chi connectivity index (χ3v) is 4.51. The Bertz CT molecular complexity index is 807. The molecule has 3 N–H and O–H groups in total. The lowest BCUT2D eigenvalue weighted by atomic mass is 9.99. The molecule has 0 spiro atoms. The molecule has 1 heterocycles. The van der Waals surface area contributed by atoms with Gasteiger partial charge in [-0.15, -0.1) is 0 Å². The molecule has 6 nitrogen and oxygen atoms in total. The smallest absolute Gasteiger partial charge is 0.328 e. The number of aryl methyl sites for hydroxylation is 1. The van der Waals surface area contributed by atoms with E-state index in [1.807, 2.05) is 0 Å². The Morgan fingerprint density at radius 1 is 1.00 bits per heavy atom. The minimum absolute atomic E-state index is 0.400. The lowest BCUT2D eigenvalue weighted by molar-refractivity contribution is -0.134. The number of carboxylic acid groups (broad SMARTS) is 2. The second-order valence-corrected chi connectivity index (χ2v) is 6.79. The molecule has 154 valence electrons.